The lowest BCUT2D eigenvalue weighted by Gasteiger charge is -2.09. The molecule has 0 saturated carbocycles. The van der Waals surface area contributed by atoms with E-state index in [0.29, 0.717) is 17.3 Å². The molecule has 5 heteroatoms. The topological polar surface area (TPSA) is 46.9 Å². The smallest absolute Gasteiger partial charge is 0.228 e. The quantitative estimate of drug-likeness (QED) is 0.793. The van der Waals surface area contributed by atoms with Crippen molar-refractivity contribution in [1.29, 1.82) is 0 Å². The molecule has 4 nitrogen and oxygen atoms in total. The lowest BCUT2D eigenvalue weighted by atomic mass is 10.1. The van der Waals surface area contributed by atoms with Crippen LogP contribution in [0.3, 0.4) is 0 Å². The van der Waals surface area contributed by atoms with E-state index in [4.69, 9.17) is 0 Å². The van der Waals surface area contributed by atoms with Crippen molar-refractivity contribution in [2.24, 2.45) is 0 Å². The van der Waals surface area contributed by atoms with Crippen molar-refractivity contribution in [3.63, 3.8) is 0 Å². The Morgan fingerprint density at radius 2 is 2.09 bits per heavy atom. The molecule has 1 amide bonds. The number of benzene rings is 2. The first-order chi connectivity index (χ1) is 11.0. The zero-order valence-electron chi connectivity index (χ0n) is 13.1. The van der Waals surface area contributed by atoms with Gasteiger partial charge in [0, 0.05) is 11.7 Å². The zero-order chi connectivity index (χ0) is 16.4. The van der Waals surface area contributed by atoms with Gasteiger partial charge in [-0.1, -0.05) is 12.1 Å². The fraction of sp³-hybridized carbons (Fsp3) is 0.222. The molecular formula is C18H18FN3O. The average Bonchev–Trinajstić information content (AvgIpc) is 2.90. The Hall–Kier alpha value is -2.69. The van der Waals surface area contributed by atoms with Crippen LogP contribution in [0.1, 0.15) is 25.5 Å². The summed E-state index contributed by atoms with van der Waals surface area (Å²) in [4.78, 5) is 16.4. The van der Waals surface area contributed by atoms with Crippen LogP contribution >= 0.6 is 0 Å². The van der Waals surface area contributed by atoms with Gasteiger partial charge in [-0.05, 0) is 49.7 Å². The number of amides is 1. The van der Waals surface area contributed by atoms with E-state index in [9.17, 15) is 9.18 Å². The molecule has 0 bridgehead atoms. The number of anilines is 1. The fourth-order valence-corrected chi connectivity index (χ4v) is 2.56. The highest BCUT2D eigenvalue weighted by atomic mass is 19.1. The molecule has 0 fully saturated rings. The molecule has 0 radical (unpaired) electrons. The highest BCUT2D eigenvalue weighted by Crippen LogP contribution is 2.21. The van der Waals surface area contributed by atoms with Crippen LogP contribution in [0.25, 0.3) is 11.0 Å². The summed E-state index contributed by atoms with van der Waals surface area (Å²) in [6, 6.07) is 12.0. The second-order valence-electron chi connectivity index (χ2n) is 5.80. The van der Waals surface area contributed by atoms with Crippen LogP contribution in [-0.4, -0.2) is 15.5 Å². The molecule has 3 rings (SSSR count). The Bertz CT molecular complexity index is 854. The summed E-state index contributed by atoms with van der Waals surface area (Å²) in [5.41, 5.74) is 3.20. The number of carbonyl (C=O) groups is 1. The molecule has 0 aliphatic heterocycles. The van der Waals surface area contributed by atoms with Gasteiger partial charge in [-0.15, -0.1) is 0 Å². The molecule has 0 spiro atoms. The van der Waals surface area contributed by atoms with Crippen LogP contribution in [0.15, 0.2) is 48.8 Å². The summed E-state index contributed by atoms with van der Waals surface area (Å²) < 4.78 is 15.2. The van der Waals surface area contributed by atoms with E-state index in [0.717, 1.165) is 11.0 Å². The summed E-state index contributed by atoms with van der Waals surface area (Å²) in [6.07, 6.45) is 1.93. The number of nitrogens with one attached hydrogen (secondary N) is 1. The first kappa shape index (κ1) is 15.2. The van der Waals surface area contributed by atoms with Crippen LogP contribution < -0.4 is 5.32 Å². The van der Waals surface area contributed by atoms with Crippen LogP contribution in [0.5, 0.6) is 0 Å². The summed E-state index contributed by atoms with van der Waals surface area (Å²) >= 11 is 0. The normalized spacial score (nSPS) is 11.1. The zero-order valence-corrected chi connectivity index (χ0v) is 13.1. The minimum Gasteiger partial charge on any atom is -0.328 e. The molecule has 0 saturated heterocycles. The predicted octanol–water partition coefficient (Wildman–Crippen LogP) is 3.94. The number of nitrogens with zero attached hydrogens (tertiary/aromatic N) is 2. The van der Waals surface area contributed by atoms with Crippen molar-refractivity contribution in [3.05, 3.63) is 60.2 Å². The number of rotatable bonds is 4. The van der Waals surface area contributed by atoms with Crippen LogP contribution in [0, 0.1) is 5.82 Å². The van der Waals surface area contributed by atoms with Gasteiger partial charge in [-0.25, -0.2) is 9.37 Å². The summed E-state index contributed by atoms with van der Waals surface area (Å²) in [5, 5.41) is 2.83. The molecule has 0 aliphatic carbocycles. The Balaban J connectivity index is 1.75. The van der Waals surface area contributed by atoms with Crippen LogP contribution in [0.2, 0.25) is 0 Å². The van der Waals surface area contributed by atoms with Crippen molar-refractivity contribution in [3.8, 4) is 0 Å². The number of fused-ring (bicyclic) bond motifs is 1. The molecule has 0 aliphatic rings. The van der Waals surface area contributed by atoms with Gasteiger partial charge < -0.3 is 9.88 Å². The highest BCUT2D eigenvalue weighted by Gasteiger charge is 2.09. The predicted molar refractivity (Wildman–Crippen MR) is 88.9 cm³/mol. The Labute approximate surface area is 134 Å². The van der Waals surface area contributed by atoms with E-state index >= 15 is 0 Å². The first-order valence-electron chi connectivity index (χ1n) is 7.54. The third-order valence-corrected chi connectivity index (χ3v) is 3.67. The number of halogens is 1. The molecular weight excluding hydrogens is 293 g/mol. The Morgan fingerprint density at radius 3 is 2.83 bits per heavy atom. The van der Waals surface area contributed by atoms with Crippen molar-refractivity contribution in [1.82, 2.24) is 9.55 Å². The van der Waals surface area contributed by atoms with Gasteiger partial charge in [0.15, 0.2) is 0 Å². The van der Waals surface area contributed by atoms with E-state index < -0.39 is 0 Å². The van der Waals surface area contributed by atoms with Crippen molar-refractivity contribution in [2.45, 2.75) is 26.3 Å². The maximum atomic E-state index is 13.1. The number of carbonyl (C=O) groups excluding carboxylic acids is 1. The second kappa shape index (κ2) is 6.20. The summed E-state index contributed by atoms with van der Waals surface area (Å²) in [5.74, 6) is -0.519. The molecule has 118 valence electrons. The van der Waals surface area contributed by atoms with Gasteiger partial charge in [0.1, 0.15) is 5.82 Å². The molecule has 2 aromatic carbocycles. The lowest BCUT2D eigenvalue weighted by Crippen LogP contribution is -2.14. The maximum Gasteiger partial charge on any atom is 0.228 e. The Kier molecular flexibility index (Phi) is 4.10. The molecule has 0 unspecified atom stereocenters. The third-order valence-electron chi connectivity index (χ3n) is 3.67. The molecule has 3 aromatic rings. The van der Waals surface area contributed by atoms with E-state index in [1.54, 1.807) is 18.5 Å². The third kappa shape index (κ3) is 3.39. The lowest BCUT2D eigenvalue weighted by molar-refractivity contribution is -0.115. The fourth-order valence-electron chi connectivity index (χ4n) is 2.56. The van der Waals surface area contributed by atoms with Gasteiger partial charge in [0.25, 0.3) is 0 Å². The summed E-state index contributed by atoms with van der Waals surface area (Å²) in [7, 11) is 0. The molecule has 1 aromatic heterocycles. The van der Waals surface area contributed by atoms with Gasteiger partial charge in [-0.2, -0.15) is 0 Å². The van der Waals surface area contributed by atoms with Crippen molar-refractivity contribution >= 4 is 22.6 Å². The molecule has 1 N–H and O–H groups in total. The number of imidazole rings is 1. The monoisotopic (exact) mass is 311 g/mol. The molecule has 0 atom stereocenters. The number of hydrogen-bond acceptors (Lipinski definition) is 2. The minimum atomic E-state index is -0.337. The van der Waals surface area contributed by atoms with Gasteiger partial charge in [0.2, 0.25) is 5.91 Å². The Morgan fingerprint density at radius 1 is 1.26 bits per heavy atom. The minimum absolute atomic E-state index is 0.135. The first-order valence-corrected chi connectivity index (χ1v) is 7.54. The number of hydrogen-bond donors (Lipinski definition) is 1. The van der Waals surface area contributed by atoms with E-state index in [1.807, 2.05) is 18.2 Å². The summed E-state index contributed by atoms with van der Waals surface area (Å²) in [6.45, 7) is 4.19. The second-order valence-corrected chi connectivity index (χ2v) is 5.80. The van der Waals surface area contributed by atoms with Gasteiger partial charge in [-0.3, -0.25) is 4.79 Å². The van der Waals surface area contributed by atoms with Crippen LogP contribution in [0.4, 0.5) is 10.1 Å². The van der Waals surface area contributed by atoms with Gasteiger partial charge in [0.05, 0.1) is 23.8 Å². The highest BCUT2D eigenvalue weighted by molar-refractivity contribution is 5.94. The standard InChI is InChI=1S/C18H18FN3O/c1-12(2)22-11-20-16-10-15(6-7-17(16)22)21-18(23)9-13-4-3-5-14(19)8-13/h3-8,10-12H,9H2,1-2H3,(H,21,23). The maximum absolute atomic E-state index is 13.1. The molecule has 1 heterocycles. The average molecular weight is 311 g/mol. The largest absolute Gasteiger partial charge is 0.328 e. The number of aromatic nitrogens is 2. The molecule has 23 heavy (non-hydrogen) atoms. The van der Waals surface area contributed by atoms with E-state index in [-0.39, 0.29) is 18.1 Å². The van der Waals surface area contributed by atoms with E-state index in [1.165, 1.54) is 12.1 Å². The van der Waals surface area contributed by atoms with Gasteiger partial charge >= 0.3 is 0 Å². The van der Waals surface area contributed by atoms with Crippen molar-refractivity contribution in [2.75, 3.05) is 5.32 Å². The van der Waals surface area contributed by atoms with Crippen LogP contribution in [-0.2, 0) is 11.2 Å². The SMILES string of the molecule is CC(C)n1cnc2cc(NC(=O)Cc3cccc(F)c3)ccc21. The van der Waals surface area contributed by atoms with Crippen molar-refractivity contribution < 1.29 is 9.18 Å². The van der Waals surface area contributed by atoms with E-state index in [2.05, 4.69) is 28.7 Å².